The van der Waals surface area contributed by atoms with Crippen molar-refractivity contribution < 1.29 is 14.8 Å². The molecule has 0 saturated carbocycles. The van der Waals surface area contributed by atoms with Gasteiger partial charge in [-0.25, -0.2) is 0 Å². The van der Waals surface area contributed by atoms with Crippen LogP contribution in [0.25, 0.3) is 11.1 Å². The number of nitrogens with zero attached hydrogens (tertiary/aromatic N) is 2. The highest BCUT2D eigenvalue weighted by atomic mass is 16.5. The second kappa shape index (κ2) is 10.5. The molecule has 36 heavy (non-hydrogen) atoms. The van der Waals surface area contributed by atoms with Crippen LogP contribution in [0.1, 0.15) is 42.5 Å². The van der Waals surface area contributed by atoms with Gasteiger partial charge >= 0.3 is 7.12 Å². The molecule has 3 aromatic rings. The predicted octanol–water partition coefficient (Wildman–Crippen LogP) is 3.81. The number of fused-ring (bicyclic) bond motifs is 1. The molecule has 5 nitrogen and oxygen atoms in total. The summed E-state index contributed by atoms with van der Waals surface area (Å²) >= 11 is 0. The lowest BCUT2D eigenvalue weighted by Crippen LogP contribution is -2.48. The van der Waals surface area contributed by atoms with Gasteiger partial charge in [0.2, 0.25) is 0 Å². The smallest absolute Gasteiger partial charge is 0.488 e. The number of allylic oxidation sites excluding steroid dienone is 1. The Morgan fingerprint density at radius 2 is 1.47 bits per heavy atom. The van der Waals surface area contributed by atoms with Crippen LogP contribution in [0.15, 0.2) is 66.7 Å². The lowest BCUT2D eigenvalue weighted by molar-refractivity contribution is 0.209. The van der Waals surface area contributed by atoms with E-state index >= 15 is 0 Å². The number of aryl methyl sites for hydroxylation is 1. The van der Waals surface area contributed by atoms with Gasteiger partial charge < -0.3 is 19.7 Å². The Kier molecular flexibility index (Phi) is 7.19. The number of ether oxygens (including phenoxy) is 1. The molecule has 0 unspecified atom stereocenters. The first-order valence-electron chi connectivity index (χ1n) is 12.9. The van der Waals surface area contributed by atoms with Crippen LogP contribution in [0.3, 0.4) is 0 Å². The highest BCUT2D eigenvalue weighted by Crippen LogP contribution is 2.42. The summed E-state index contributed by atoms with van der Waals surface area (Å²) in [7, 11) is 0.250. The average molecular weight is 482 g/mol. The number of methoxy groups -OCH3 is 1. The van der Waals surface area contributed by atoms with Crippen molar-refractivity contribution in [1.82, 2.24) is 4.90 Å². The topological polar surface area (TPSA) is 56.2 Å². The van der Waals surface area contributed by atoms with Crippen LogP contribution in [0, 0.1) is 0 Å². The summed E-state index contributed by atoms with van der Waals surface area (Å²) in [5, 5.41) is 19.1. The number of rotatable bonds is 6. The van der Waals surface area contributed by atoms with Crippen molar-refractivity contribution in [3.8, 4) is 5.75 Å². The number of benzene rings is 3. The quantitative estimate of drug-likeness (QED) is 0.524. The summed E-state index contributed by atoms with van der Waals surface area (Å²) in [4.78, 5) is 5.02. The summed E-state index contributed by atoms with van der Waals surface area (Å²) < 4.78 is 5.58. The molecule has 2 N–H and O–H groups in total. The van der Waals surface area contributed by atoms with Crippen LogP contribution in [-0.2, 0) is 6.42 Å². The molecule has 0 bridgehead atoms. The zero-order valence-corrected chi connectivity index (χ0v) is 21.4. The summed E-state index contributed by atoms with van der Waals surface area (Å²) in [5.74, 6) is 0.853. The monoisotopic (exact) mass is 482 g/mol. The third kappa shape index (κ3) is 4.94. The van der Waals surface area contributed by atoms with E-state index in [2.05, 4.69) is 60.0 Å². The van der Waals surface area contributed by atoms with E-state index in [0.717, 1.165) is 50.3 Å². The van der Waals surface area contributed by atoms with E-state index in [9.17, 15) is 10.0 Å². The normalized spacial score (nSPS) is 16.3. The SMILES string of the molecule is COc1ccc2c(c1)C(c1ccc(N3CCN(C(C)C)CC3)cc1)=C(c1ccc(B(O)O)cc1)CC2. The lowest BCUT2D eigenvalue weighted by atomic mass is 9.77. The Bertz CT molecular complexity index is 1230. The van der Waals surface area contributed by atoms with E-state index in [1.807, 2.05) is 18.2 Å². The molecule has 0 amide bonds. The maximum atomic E-state index is 9.54. The average Bonchev–Trinajstić information content (AvgIpc) is 2.92. The minimum absolute atomic E-state index is 0.501. The van der Waals surface area contributed by atoms with E-state index in [1.165, 1.54) is 33.5 Å². The fourth-order valence-corrected chi connectivity index (χ4v) is 5.49. The van der Waals surface area contributed by atoms with Gasteiger partial charge in [0.1, 0.15) is 5.75 Å². The van der Waals surface area contributed by atoms with Gasteiger partial charge in [0, 0.05) is 37.9 Å². The third-order valence-electron chi connectivity index (χ3n) is 7.66. The molecular weight excluding hydrogens is 447 g/mol. The standard InChI is InChI=1S/C30H35BN2O3/c1-21(2)32-16-18-33(19-17-32)26-12-6-24(7-13-26)30-28(22-4-10-25(11-5-22)31(34)35)15-9-23-8-14-27(36-3)20-29(23)30/h4-8,10-14,20-21,34-35H,9,15-19H2,1-3H3. The maximum Gasteiger partial charge on any atom is 0.488 e. The molecule has 1 heterocycles. The molecule has 0 aromatic heterocycles. The van der Waals surface area contributed by atoms with Gasteiger partial charge in [-0.1, -0.05) is 42.5 Å². The Morgan fingerprint density at radius 1 is 0.806 bits per heavy atom. The minimum atomic E-state index is -1.46. The van der Waals surface area contributed by atoms with Crippen molar-refractivity contribution in [2.45, 2.75) is 32.7 Å². The van der Waals surface area contributed by atoms with Gasteiger partial charge in [-0.2, -0.15) is 0 Å². The van der Waals surface area contributed by atoms with E-state index in [4.69, 9.17) is 4.74 Å². The Balaban J connectivity index is 1.53. The Labute approximate surface area is 214 Å². The number of piperazine rings is 1. The van der Waals surface area contributed by atoms with Crippen LogP contribution >= 0.6 is 0 Å². The molecule has 1 saturated heterocycles. The molecule has 6 heteroatoms. The molecule has 0 spiro atoms. The molecule has 5 rings (SSSR count). The van der Waals surface area contributed by atoms with E-state index in [1.54, 1.807) is 19.2 Å². The highest BCUT2D eigenvalue weighted by molar-refractivity contribution is 6.58. The molecule has 1 aliphatic carbocycles. The van der Waals surface area contributed by atoms with Crippen molar-refractivity contribution in [3.05, 3.63) is 89.0 Å². The third-order valence-corrected chi connectivity index (χ3v) is 7.66. The van der Waals surface area contributed by atoms with Crippen LogP contribution in [0.2, 0.25) is 0 Å². The van der Waals surface area contributed by atoms with Crippen molar-refractivity contribution in [2.75, 3.05) is 38.2 Å². The summed E-state index contributed by atoms with van der Waals surface area (Å²) in [6.07, 6.45) is 1.88. The Morgan fingerprint density at radius 3 is 2.08 bits per heavy atom. The number of hydrogen-bond acceptors (Lipinski definition) is 5. The minimum Gasteiger partial charge on any atom is -0.497 e. The molecule has 0 radical (unpaired) electrons. The molecule has 186 valence electrons. The van der Waals surface area contributed by atoms with Gasteiger partial charge in [0.25, 0.3) is 0 Å². The Hall–Kier alpha value is -3.06. The number of anilines is 1. The van der Waals surface area contributed by atoms with Gasteiger partial charge in [-0.3, -0.25) is 4.90 Å². The predicted molar refractivity (Wildman–Crippen MR) is 149 cm³/mol. The van der Waals surface area contributed by atoms with Gasteiger partial charge in [-0.05, 0) is 89.8 Å². The van der Waals surface area contributed by atoms with Gasteiger partial charge in [-0.15, -0.1) is 0 Å². The van der Waals surface area contributed by atoms with Crippen molar-refractivity contribution >= 4 is 29.4 Å². The molecule has 2 aliphatic rings. The zero-order valence-electron chi connectivity index (χ0n) is 21.4. The van der Waals surface area contributed by atoms with Crippen LogP contribution in [0.5, 0.6) is 5.75 Å². The first-order valence-corrected chi connectivity index (χ1v) is 12.9. The summed E-state index contributed by atoms with van der Waals surface area (Å²) in [5.41, 5.74) is 9.10. The second-order valence-electron chi connectivity index (χ2n) is 10.0. The molecule has 0 atom stereocenters. The fourth-order valence-electron chi connectivity index (χ4n) is 5.49. The lowest BCUT2D eigenvalue weighted by Gasteiger charge is -2.38. The highest BCUT2D eigenvalue weighted by Gasteiger charge is 2.24. The van der Waals surface area contributed by atoms with E-state index in [-0.39, 0.29) is 0 Å². The molecular formula is C30H35BN2O3. The molecule has 3 aromatic carbocycles. The first kappa shape index (κ1) is 24.6. The molecule has 1 aliphatic heterocycles. The first-order chi connectivity index (χ1) is 17.4. The van der Waals surface area contributed by atoms with Crippen LogP contribution in [0.4, 0.5) is 5.69 Å². The van der Waals surface area contributed by atoms with Crippen molar-refractivity contribution in [1.29, 1.82) is 0 Å². The zero-order chi connectivity index (χ0) is 25.2. The van der Waals surface area contributed by atoms with Gasteiger partial charge in [0.15, 0.2) is 0 Å². The van der Waals surface area contributed by atoms with E-state index in [0.29, 0.717) is 11.5 Å². The number of hydrogen-bond donors (Lipinski definition) is 2. The second-order valence-corrected chi connectivity index (χ2v) is 10.0. The fraction of sp³-hybridized carbons (Fsp3) is 0.333. The summed E-state index contributed by atoms with van der Waals surface area (Å²) in [6.45, 7) is 8.84. The largest absolute Gasteiger partial charge is 0.497 e. The van der Waals surface area contributed by atoms with E-state index < -0.39 is 7.12 Å². The van der Waals surface area contributed by atoms with Crippen molar-refractivity contribution in [3.63, 3.8) is 0 Å². The van der Waals surface area contributed by atoms with Crippen LogP contribution < -0.4 is 15.1 Å². The summed E-state index contributed by atoms with van der Waals surface area (Å²) in [6, 6.07) is 23.6. The molecule has 1 fully saturated rings. The van der Waals surface area contributed by atoms with Crippen molar-refractivity contribution in [2.24, 2.45) is 0 Å². The maximum absolute atomic E-state index is 9.54. The van der Waals surface area contributed by atoms with Crippen LogP contribution in [-0.4, -0.2) is 61.4 Å². The van der Waals surface area contributed by atoms with Gasteiger partial charge in [0.05, 0.1) is 7.11 Å².